The van der Waals surface area contributed by atoms with Crippen molar-refractivity contribution >= 4 is 57.3 Å². The van der Waals surface area contributed by atoms with Gasteiger partial charge < -0.3 is 19.6 Å². The van der Waals surface area contributed by atoms with Gasteiger partial charge in [-0.2, -0.15) is 0 Å². The van der Waals surface area contributed by atoms with Crippen molar-refractivity contribution in [3.63, 3.8) is 0 Å². The van der Waals surface area contributed by atoms with Crippen molar-refractivity contribution in [1.82, 2.24) is 9.80 Å². The highest BCUT2D eigenvalue weighted by Gasteiger charge is 2.48. The van der Waals surface area contributed by atoms with Crippen LogP contribution in [0.25, 0.3) is 11.4 Å². The summed E-state index contributed by atoms with van der Waals surface area (Å²) < 4.78 is 0. The third-order valence-corrected chi connectivity index (χ3v) is 9.93. The second-order valence-corrected chi connectivity index (χ2v) is 13.5. The minimum atomic E-state index is -0.123. The molecular weight excluding hydrogens is 665 g/mol. The number of nitrogens with zero attached hydrogens (tertiary/aromatic N) is 4. The smallest absolute Gasteiger partial charge is 0.261 e. The van der Waals surface area contributed by atoms with E-state index in [0.29, 0.717) is 35.6 Å². The number of amides is 2. The molecule has 0 fully saturated rings. The van der Waals surface area contributed by atoms with Crippen molar-refractivity contribution in [2.45, 2.75) is 26.7 Å². The van der Waals surface area contributed by atoms with Gasteiger partial charge in [0.15, 0.2) is 0 Å². The minimum Gasteiger partial charge on any atom is -0.311 e. The van der Waals surface area contributed by atoms with Crippen LogP contribution in [0.5, 0.6) is 0 Å². The first-order valence-corrected chi connectivity index (χ1v) is 18.7. The number of para-hydroxylation sites is 4. The summed E-state index contributed by atoms with van der Waals surface area (Å²) in [6.07, 6.45) is 1.52. The Morgan fingerprint density at radius 1 is 0.370 bits per heavy atom. The molecule has 0 saturated heterocycles. The molecule has 0 radical (unpaired) electrons. The molecule has 266 valence electrons. The molecule has 8 rings (SSSR count). The maximum atomic E-state index is 14.6. The molecular formula is C48H42N4O2. The molecule has 0 spiro atoms. The van der Waals surface area contributed by atoms with Gasteiger partial charge in [-0.25, -0.2) is 0 Å². The molecule has 54 heavy (non-hydrogen) atoms. The average molecular weight is 707 g/mol. The van der Waals surface area contributed by atoms with E-state index in [4.69, 9.17) is 0 Å². The number of benzene rings is 6. The molecule has 0 saturated carbocycles. The van der Waals surface area contributed by atoms with Gasteiger partial charge >= 0.3 is 0 Å². The predicted molar refractivity (Wildman–Crippen MR) is 220 cm³/mol. The maximum absolute atomic E-state index is 14.6. The first kappa shape index (κ1) is 34.4. The zero-order valence-corrected chi connectivity index (χ0v) is 30.6. The average Bonchev–Trinajstić information content (AvgIpc) is 3.67. The fourth-order valence-corrected chi connectivity index (χ4v) is 7.61. The molecule has 0 N–H and O–H groups in total. The van der Waals surface area contributed by atoms with E-state index in [1.165, 1.54) is 0 Å². The lowest BCUT2D eigenvalue weighted by Crippen LogP contribution is -2.30. The highest BCUT2D eigenvalue weighted by Crippen LogP contribution is 2.47. The van der Waals surface area contributed by atoms with Crippen molar-refractivity contribution in [2.24, 2.45) is 0 Å². The number of fused-ring (bicyclic) bond motifs is 1. The molecule has 2 aliphatic heterocycles. The highest BCUT2D eigenvalue weighted by atomic mass is 16.2. The van der Waals surface area contributed by atoms with E-state index in [9.17, 15) is 9.59 Å². The predicted octanol–water partition coefficient (Wildman–Crippen LogP) is 11.3. The fraction of sp³-hybridized carbons (Fsp3) is 0.125. The molecule has 2 aliphatic rings. The van der Waals surface area contributed by atoms with E-state index in [0.717, 1.165) is 58.1 Å². The zero-order valence-electron chi connectivity index (χ0n) is 30.6. The van der Waals surface area contributed by atoms with Gasteiger partial charge in [-0.1, -0.05) is 111 Å². The monoisotopic (exact) mass is 706 g/mol. The van der Waals surface area contributed by atoms with Gasteiger partial charge in [-0.05, 0) is 96.8 Å². The number of carbonyl (C=O) groups excluding carboxylic acids is 2. The Balaban J connectivity index is 1.22. The zero-order chi connectivity index (χ0) is 37.0. The Kier molecular flexibility index (Phi) is 9.65. The van der Waals surface area contributed by atoms with Gasteiger partial charge in [0.05, 0.1) is 22.5 Å². The van der Waals surface area contributed by atoms with Crippen LogP contribution in [0.2, 0.25) is 0 Å². The molecule has 2 heterocycles. The summed E-state index contributed by atoms with van der Waals surface area (Å²) in [5.41, 5.74) is 10.2. The van der Waals surface area contributed by atoms with Crippen LogP contribution in [-0.4, -0.2) is 34.7 Å². The van der Waals surface area contributed by atoms with Crippen LogP contribution in [-0.2, 0) is 9.59 Å². The molecule has 2 amide bonds. The summed E-state index contributed by atoms with van der Waals surface area (Å²) in [5, 5.41) is 0. The molecule has 0 atom stereocenters. The minimum absolute atomic E-state index is 0.123. The summed E-state index contributed by atoms with van der Waals surface area (Å²) >= 11 is 0. The van der Waals surface area contributed by atoms with Crippen LogP contribution in [0.1, 0.15) is 37.8 Å². The van der Waals surface area contributed by atoms with Crippen LogP contribution in [0, 0.1) is 0 Å². The highest BCUT2D eigenvalue weighted by molar-refractivity contribution is 6.30. The molecule has 0 aliphatic carbocycles. The Morgan fingerprint density at radius 3 is 0.889 bits per heavy atom. The number of hydrogen-bond acceptors (Lipinski definition) is 4. The van der Waals surface area contributed by atoms with Crippen molar-refractivity contribution in [1.29, 1.82) is 0 Å². The number of hydrogen-bond donors (Lipinski definition) is 0. The van der Waals surface area contributed by atoms with Crippen LogP contribution < -0.4 is 9.80 Å². The van der Waals surface area contributed by atoms with E-state index in [2.05, 4.69) is 96.4 Å². The van der Waals surface area contributed by atoms with Gasteiger partial charge in [-0.3, -0.25) is 9.59 Å². The van der Waals surface area contributed by atoms with Crippen LogP contribution in [0.3, 0.4) is 0 Å². The number of carbonyl (C=O) groups is 2. The summed E-state index contributed by atoms with van der Waals surface area (Å²) in [6.45, 7) is 5.16. The molecule has 0 bridgehead atoms. The van der Waals surface area contributed by atoms with Gasteiger partial charge in [0.2, 0.25) is 0 Å². The summed E-state index contributed by atoms with van der Waals surface area (Å²) in [4.78, 5) is 37.2. The second-order valence-electron chi connectivity index (χ2n) is 13.5. The first-order valence-electron chi connectivity index (χ1n) is 18.7. The number of anilines is 6. The standard InChI is InChI=1S/C48H42N4O2/c1-3-33-49-45(35-25-29-41(30-26-35)51(37-17-9-5-10-18-37)38-19-11-6-12-20-38)43-44(47(49)53)46(50(34-4-2)48(43)54)36-27-31-42(32-28-36)52(39-21-13-7-14-22-39)40-23-15-8-16-24-40/h5-32H,3-4,33-34H2,1-2H3. The van der Waals surface area contributed by atoms with E-state index >= 15 is 0 Å². The lowest BCUT2D eigenvalue weighted by atomic mass is 10.0. The van der Waals surface area contributed by atoms with Crippen molar-refractivity contribution in [3.8, 4) is 0 Å². The number of rotatable bonds is 12. The summed E-state index contributed by atoms with van der Waals surface area (Å²) in [5.74, 6) is -0.246. The van der Waals surface area contributed by atoms with E-state index < -0.39 is 0 Å². The fourth-order valence-electron chi connectivity index (χ4n) is 7.61. The van der Waals surface area contributed by atoms with Gasteiger partial charge in [0.25, 0.3) is 11.8 Å². The van der Waals surface area contributed by atoms with Gasteiger partial charge in [0, 0.05) is 47.2 Å². The van der Waals surface area contributed by atoms with Crippen LogP contribution >= 0.6 is 0 Å². The third-order valence-electron chi connectivity index (χ3n) is 9.93. The Bertz CT molecular complexity index is 2070. The van der Waals surface area contributed by atoms with Crippen LogP contribution in [0.15, 0.2) is 181 Å². The molecule has 6 nitrogen and oxygen atoms in total. The molecule has 6 aromatic carbocycles. The normalized spacial score (nSPS) is 13.9. The topological polar surface area (TPSA) is 47.1 Å². The van der Waals surface area contributed by atoms with Crippen molar-refractivity contribution in [2.75, 3.05) is 22.9 Å². The Labute approximate surface area is 317 Å². The molecule has 6 aromatic rings. The van der Waals surface area contributed by atoms with E-state index in [1.807, 2.05) is 107 Å². The quantitative estimate of drug-likeness (QED) is 0.127. The SMILES string of the molecule is CCCN1C(=O)C2=C(c3ccc(N(c4ccccc4)c4ccccc4)cc3)N(CCC)C(=O)C2=C1c1ccc(N(c2ccccc2)c2ccccc2)cc1. The van der Waals surface area contributed by atoms with Gasteiger partial charge in [0.1, 0.15) is 0 Å². The maximum Gasteiger partial charge on any atom is 0.261 e. The lowest BCUT2D eigenvalue weighted by Gasteiger charge is -2.27. The van der Waals surface area contributed by atoms with E-state index in [-0.39, 0.29) is 11.8 Å². The molecule has 6 heteroatoms. The summed E-state index contributed by atoms with van der Waals surface area (Å²) in [6, 6.07) is 57.6. The lowest BCUT2D eigenvalue weighted by molar-refractivity contribution is -0.124. The van der Waals surface area contributed by atoms with Crippen molar-refractivity contribution in [3.05, 3.63) is 192 Å². The Morgan fingerprint density at radius 2 is 0.630 bits per heavy atom. The van der Waals surface area contributed by atoms with Crippen molar-refractivity contribution < 1.29 is 9.59 Å². The summed E-state index contributed by atoms with van der Waals surface area (Å²) in [7, 11) is 0. The first-order chi connectivity index (χ1) is 26.6. The molecule has 0 unspecified atom stereocenters. The largest absolute Gasteiger partial charge is 0.311 e. The van der Waals surface area contributed by atoms with Crippen LogP contribution in [0.4, 0.5) is 34.1 Å². The third kappa shape index (κ3) is 6.26. The van der Waals surface area contributed by atoms with E-state index in [1.54, 1.807) is 0 Å². The second kappa shape index (κ2) is 15.1. The Hall–Kier alpha value is -6.66. The van der Waals surface area contributed by atoms with Gasteiger partial charge in [-0.15, -0.1) is 0 Å². The molecule has 0 aromatic heterocycles.